The van der Waals surface area contributed by atoms with E-state index >= 15 is 0 Å². The number of aromatic nitrogens is 3. The molecule has 7 heteroatoms. The summed E-state index contributed by atoms with van der Waals surface area (Å²) in [4.78, 5) is 18.3. The molecule has 23 heavy (non-hydrogen) atoms. The highest BCUT2D eigenvalue weighted by molar-refractivity contribution is 7.18. The maximum Gasteiger partial charge on any atom is 0.260 e. The molecule has 0 aliphatic rings. The monoisotopic (exact) mass is 344 g/mol. The second-order valence-electron chi connectivity index (χ2n) is 4.69. The lowest BCUT2D eigenvalue weighted by Crippen LogP contribution is -2.30. The van der Waals surface area contributed by atoms with Crippen molar-refractivity contribution in [3.05, 3.63) is 59.4 Å². The smallest absolute Gasteiger partial charge is 0.260 e. The summed E-state index contributed by atoms with van der Waals surface area (Å²) in [5.41, 5.74) is 1.40. The van der Waals surface area contributed by atoms with E-state index in [-0.39, 0.29) is 5.91 Å². The Labute approximate surface area is 142 Å². The van der Waals surface area contributed by atoms with Gasteiger partial charge in [-0.25, -0.2) is 0 Å². The Bertz CT molecular complexity index is 822. The molecule has 0 aliphatic carbocycles. The molecule has 2 aromatic heterocycles. The molecular formula is C16H13ClN4OS. The summed E-state index contributed by atoms with van der Waals surface area (Å²) in [5, 5.41) is 10.1. The summed E-state index contributed by atoms with van der Waals surface area (Å²) in [6.07, 6.45) is 3.42. The molecule has 0 aliphatic heterocycles. The lowest BCUT2D eigenvalue weighted by atomic mass is 10.2. The summed E-state index contributed by atoms with van der Waals surface area (Å²) in [7, 11) is 0. The number of anilines is 1. The Kier molecular flexibility index (Phi) is 4.64. The molecule has 3 rings (SSSR count). The topological polar surface area (TPSA) is 59.0 Å². The molecule has 0 atom stereocenters. The molecule has 0 saturated carbocycles. The van der Waals surface area contributed by atoms with Gasteiger partial charge in [0.25, 0.3) is 5.91 Å². The molecule has 0 unspecified atom stereocenters. The molecule has 0 fully saturated rings. The maximum atomic E-state index is 12.7. The highest BCUT2D eigenvalue weighted by Crippen LogP contribution is 2.29. The number of halogens is 1. The lowest BCUT2D eigenvalue weighted by Gasteiger charge is -2.17. The summed E-state index contributed by atoms with van der Waals surface area (Å²) < 4.78 is 0. The van der Waals surface area contributed by atoms with Gasteiger partial charge in [0, 0.05) is 35.1 Å². The highest BCUT2D eigenvalue weighted by atomic mass is 35.5. The van der Waals surface area contributed by atoms with Crippen LogP contribution in [0.3, 0.4) is 0 Å². The van der Waals surface area contributed by atoms with Gasteiger partial charge in [0.2, 0.25) is 5.13 Å². The van der Waals surface area contributed by atoms with Crippen molar-refractivity contribution in [2.24, 2.45) is 0 Å². The van der Waals surface area contributed by atoms with E-state index in [1.54, 1.807) is 41.6 Å². The minimum Gasteiger partial charge on any atom is -0.283 e. The number of pyridine rings is 1. The van der Waals surface area contributed by atoms with Gasteiger partial charge in [-0.15, -0.1) is 10.2 Å². The number of nitrogens with zero attached hydrogens (tertiary/aromatic N) is 4. The highest BCUT2D eigenvalue weighted by Gasteiger charge is 2.20. The van der Waals surface area contributed by atoms with Crippen LogP contribution in [-0.4, -0.2) is 27.6 Å². The van der Waals surface area contributed by atoms with E-state index in [1.165, 1.54) is 11.3 Å². The minimum absolute atomic E-state index is 0.149. The molecule has 5 nitrogen and oxygen atoms in total. The standard InChI is InChI=1S/C16H13ClN4OS/c1-2-21(15(22)11-5-3-7-13(17)9-11)16-20-19-14(23-16)12-6-4-8-18-10-12/h3-10H,2H2,1H3. The van der Waals surface area contributed by atoms with Gasteiger partial charge in [0.15, 0.2) is 5.01 Å². The lowest BCUT2D eigenvalue weighted by molar-refractivity contribution is 0.0988. The number of amides is 1. The Balaban J connectivity index is 1.90. The number of rotatable bonds is 4. The van der Waals surface area contributed by atoms with Gasteiger partial charge in [-0.3, -0.25) is 14.7 Å². The van der Waals surface area contributed by atoms with Crippen LogP contribution in [0.1, 0.15) is 17.3 Å². The first-order valence-electron chi connectivity index (χ1n) is 7.00. The van der Waals surface area contributed by atoms with Crippen LogP contribution in [0.2, 0.25) is 5.02 Å². The van der Waals surface area contributed by atoms with Crippen molar-refractivity contribution < 1.29 is 4.79 Å². The summed E-state index contributed by atoms with van der Waals surface area (Å²) in [6.45, 7) is 2.39. The molecule has 116 valence electrons. The van der Waals surface area contributed by atoms with Crippen molar-refractivity contribution >= 4 is 34.0 Å². The molecule has 0 N–H and O–H groups in total. The fourth-order valence-corrected chi connectivity index (χ4v) is 3.16. The molecule has 0 radical (unpaired) electrons. The van der Waals surface area contributed by atoms with Gasteiger partial charge in [-0.2, -0.15) is 0 Å². The SMILES string of the molecule is CCN(C(=O)c1cccc(Cl)c1)c1nnc(-c2cccnc2)s1. The first-order chi connectivity index (χ1) is 11.2. The summed E-state index contributed by atoms with van der Waals surface area (Å²) >= 11 is 7.32. The van der Waals surface area contributed by atoms with Gasteiger partial charge < -0.3 is 0 Å². The van der Waals surface area contributed by atoms with Crippen LogP contribution >= 0.6 is 22.9 Å². The first kappa shape index (κ1) is 15.6. The zero-order valence-electron chi connectivity index (χ0n) is 12.3. The zero-order chi connectivity index (χ0) is 16.2. The molecular weight excluding hydrogens is 332 g/mol. The largest absolute Gasteiger partial charge is 0.283 e. The molecule has 3 aromatic rings. The van der Waals surface area contributed by atoms with E-state index in [4.69, 9.17) is 11.6 Å². The van der Waals surface area contributed by atoms with E-state index in [2.05, 4.69) is 15.2 Å². The minimum atomic E-state index is -0.149. The van der Waals surface area contributed by atoms with Crippen LogP contribution in [0.4, 0.5) is 5.13 Å². The fourth-order valence-electron chi connectivity index (χ4n) is 2.07. The zero-order valence-corrected chi connectivity index (χ0v) is 13.9. The molecule has 0 saturated heterocycles. The summed E-state index contributed by atoms with van der Waals surface area (Å²) in [5.74, 6) is -0.149. The number of hydrogen-bond acceptors (Lipinski definition) is 5. The van der Waals surface area contributed by atoms with Gasteiger partial charge in [0.05, 0.1) is 0 Å². The van der Waals surface area contributed by atoms with Gasteiger partial charge in [-0.1, -0.05) is 29.0 Å². The normalized spacial score (nSPS) is 10.5. The van der Waals surface area contributed by atoms with Crippen molar-refractivity contribution in [1.29, 1.82) is 0 Å². The Morgan fingerprint density at radius 2 is 2.13 bits per heavy atom. The summed E-state index contributed by atoms with van der Waals surface area (Å²) in [6, 6.07) is 10.6. The van der Waals surface area contributed by atoms with Crippen LogP contribution in [0, 0.1) is 0 Å². The fraction of sp³-hybridized carbons (Fsp3) is 0.125. The molecule has 0 spiro atoms. The third-order valence-electron chi connectivity index (χ3n) is 3.19. The van der Waals surface area contributed by atoms with Crippen LogP contribution in [0.5, 0.6) is 0 Å². The predicted octanol–water partition coefficient (Wildman–Crippen LogP) is 3.92. The third-order valence-corrected chi connectivity index (χ3v) is 4.42. The Hall–Kier alpha value is -2.31. The van der Waals surface area contributed by atoms with Crippen LogP contribution in [0.25, 0.3) is 10.6 Å². The second-order valence-corrected chi connectivity index (χ2v) is 6.08. The second kappa shape index (κ2) is 6.85. The van der Waals surface area contributed by atoms with Gasteiger partial charge >= 0.3 is 0 Å². The Morgan fingerprint density at radius 1 is 1.26 bits per heavy atom. The first-order valence-corrected chi connectivity index (χ1v) is 8.20. The number of hydrogen-bond donors (Lipinski definition) is 0. The maximum absolute atomic E-state index is 12.7. The molecule has 1 aromatic carbocycles. The van der Waals surface area contributed by atoms with Crippen LogP contribution in [-0.2, 0) is 0 Å². The van der Waals surface area contributed by atoms with E-state index in [0.29, 0.717) is 22.3 Å². The average Bonchev–Trinajstić information content (AvgIpc) is 3.06. The molecule has 0 bridgehead atoms. The van der Waals surface area contributed by atoms with Crippen LogP contribution < -0.4 is 4.90 Å². The molecule has 1 amide bonds. The van der Waals surface area contributed by atoms with Crippen molar-refractivity contribution in [3.8, 4) is 10.6 Å². The molecule has 2 heterocycles. The van der Waals surface area contributed by atoms with Crippen LogP contribution in [0.15, 0.2) is 48.8 Å². The van der Waals surface area contributed by atoms with E-state index in [0.717, 1.165) is 10.6 Å². The van der Waals surface area contributed by atoms with Crippen molar-refractivity contribution in [2.45, 2.75) is 6.92 Å². The van der Waals surface area contributed by atoms with E-state index in [1.807, 2.05) is 19.1 Å². The van der Waals surface area contributed by atoms with Crippen molar-refractivity contribution in [2.75, 3.05) is 11.4 Å². The number of benzene rings is 1. The van der Waals surface area contributed by atoms with Gasteiger partial charge in [-0.05, 0) is 37.3 Å². The predicted molar refractivity (Wildman–Crippen MR) is 91.9 cm³/mol. The quantitative estimate of drug-likeness (QED) is 0.719. The van der Waals surface area contributed by atoms with E-state index < -0.39 is 0 Å². The Morgan fingerprint density at radius 3 is 2.83 bits per heavy atom. The number of carbonyl (C=O) groups is 1. The van der Waals surface area contributed by atoms with Crippen molar-refractivity contribution in [3.63, 3.8) is 0 Å². The average molecular weight is 345 g/mol. The third kappa shape index (κ3) is 3.38. The van der Waals surface area contributed by atoms with E-state index in [9.17, 15) is 4.79 Å². The number of carbonyl (C=O) groups excluding carboxylic acids is 1. The van der Waals surface area contributed by atoms with Gasteiger partial charge in [0.1, 0.15) is 0 Å². The van der Waals surface area contributed by atoms with Crippen molar-refractivity contribution in [1.82, 2.24) is 15.2 Å².